The summed E-state index contributed by atoms with van der Waals surface area (Å²) in [6, 6.07) is 13.6. The van der Waals surface area contributed by atoms with Crippen molar-refractivity contribution >= 4 is 18.0 Å². The first-order valence-electron chi connectivity index (χ1n) is 9.65. The van der Waals surface area contributed by atoms with E-state index in [1.54, 1.807) is 24.5 Å². The molecule has 0 spiro atoms. The van der Waals surface area contributed by atoms with Crippen LogP contribution in [0.15, 0.2) is 53.8 Å². The zero-order valence-corrected chi connectivity index (χ0v) is 17.6. The third-order valence-electron chi connectivity index (χ3n) is 4.87. The summed E-state index contributed by atoms with van der Waals surface area (Å²) in [6.07, 6.45) is 3.18. The van der Waals surface area contributed by atoms with Crippen molar-refractivity contribution < 1.29 is 9.59 Å². The van der Waals surface area contributed by atoms with E-state index in [-0.39, 0.29) is 6.54 Å². The van der Waals surface area contributed by atoms with E-state index in [1.807, 2.05) is 32.0 Å². The monoisotopic (exact) mass is 403 g/mol. The maximum atomic E-state index is 12.0. The quantitative estimate of drug-likeness (QED) is 0.390. The number of hydrogen-bond donors (Lipinski definition) is 2. The predicted molar refractivity (Wildman–Crippen MR) is 117 cm³/mol. The van der Waals surface area contributed by atoms with Crippen LogP contribution in [0.5, 0.6) is 0 Å². The summed E-state index contributed by atoms with van der Waals surface area (Å²) in [7, 11) is 0. The molecule has 0 aliphatic rings. The number of carbonyl (C=O) groups is 2. The molecule has 0 unspecified atom stereocenters. The fourth-order valence-electron chi connectivity index (χ4n) is 3.39. The Morgan fingerprint density at radius 3 is 2.43 bits per heavy atom. The molecular weight excluding hydrogens is 378 g/mol. The standard InChI is InChI=1S/C23H25N5O2/c1-15-8-7-9-16(2)21(15)28-17(3)12-19(18(28)4)13-26-27-23(30)22(29)25-14-20-10-5-6-11-24-20/h5-13H,14H2,1-4H3,(H,25,29)(H,27,30)/b26-13-. The average Bonchev–Trinajstić information content (AvgIpc) is 3.00. The molecule has 2 heterocycles. The Bertz CT molecular complexity index is 1080. The van der Waals surface area contributed by atoms with Crippen LogP contribution in [0.2, 0.25) is 0 Å². The lowest BCUT2D eigenvalue weighted by molar-refractivity contribution is -0.139. The van der Waals surface area contributed by atoms with Crippen molar-refractivity contribution in [3.05, 3.63) is 82.4 Å². The first-order valence-corrected chi connectivity index (χ1v) is 9.65. The zero-order valence-electron chi connectivity index (χ0n) is 17.6. The van der Waals surface area contributed by atoms with Crippen molar-refractivity contribution in [3.8, 4) is 5.69 Å². The van der Waals surface area contributed by atoms with Gasteiger partial charge in [-0.15, -0.1) is 0 Å². The zero-order chi connectivity index (χ0) is 21.7. The molecule has 2 N–H and O–H groups in total. The van der Waals surface area contributed by atoms with Crippen molar-refractivity contribution in [2.45, 2.75) is 34.2 Å². The van der Waals surface area contributed by atoms with Crippen molar-refractivity contribution in [3.63, 3.8) is 0 Å². The van der Waals surface area contributed by atoms with Gasteiger partial charge in [-0.3, -0.25) is 14.6 Å². The Kier molecular flexibility index (Phi) is 6.41. The molecule has 1 aromatic carbocycles. The second kappa shape index (κ2) is 9.17. The number of nitrogens with one attached hydrogen (secondary N) is 2. The smallest absolute Gasteiger partial charge is 0.329 e. The summed E-state index contributed by atoms with van der Waals surface area (Å²) in [6.45, 7) is 8.37. The highest BCUT2D eigenvalue weighted by Gasteiger charge is 2.14. The van der Waals surface area contributed by atoms with Crippen LogP contribution >= 0.6 is 0 Å². The van der Waals surface area contributed by atoms with Crippen molar-refractivity contribution in [2.24, 2.45) is 5.10 Å². The van der Waals surface area contributed by atoms with Gasteiger partial charge in [-0.2, -0.15) is 5.10 Å². The number of rotatable bonds is 5. The van der Waals surface area contributed by atoms with E-state index in [9.17, 15) is 9.59 Å². The average molecular weight is 403 g/mol. The molecule has 0 bridgehead atoms. The summed E-state index contributed by atoms with van der Waals surface area (Å²) < 4.78 is 2.17. The van der Waals surface area contributed by atoms with E-state index in [0.717, 1.165) is 22.6 Å². The Morgan fingerprint density at radius 1 is 1.03 bits per heavy atom. The SMILES string of the molecule is Cc1cccc(C)c1-n1c(C)cc(/C=N\NC(=O)C(=O)NCc2ccccn2)c1C. The summed E-state index contributed by atoms with van der Waals surface area (Å²) in [4.78, 5) is 28.0. The van der Waals surface area contributed by atoms with Gasteiger partial charge in [-0.25, -0.2) is 5.43 Å². The first-order chi connectivity index (χ1) is 14.4. The second-order valence-electron chi connectivity index (χ2n) is 7.11. The van der Waals surface area contributed by atoms with E-state index in [0.29, 0.717) is 5.69 Å². The van der Waals surface area contributed by atoms with Gasteiger partial charge in [0.05, 0.1) is 24.1 Å². The number of aryl methyl sites for hydroxylation is 3. The van der Waals surface area contributed by atoms with Gasteiger partial charge in [0.1, 0.15) is 0 Å². The van der Waals surface area contributed by atoms with Crippen LogP contribution in [0.4, 0.5) is 0 Å². The van der Waals surface area contributed by atoms with Crippen molar-refractivity contribution in [1.82, 2.24) is 20.3 Å². The van der Waals surface area contributed by atoms with Gasteiger partial charge in [0, 0.05) is 23.1 Å². The Hall–Kier alpha value is -3.74. The number of carbonyl (C=O) groups excluding carboxylic acids is 2. The Labute approximate surface area is 175 Å². The number of benzene rings is 1. The lowest BCUT2D eigenvalue weighted by atomic mass is 10.1. The number of nitrogens with zero attached hydrogens (tertiary/aromatic N) is 3. The molecule has 0 saturated heterocycles. The van der Waals surface area contributed by atoms with Gasteiger partial charge in [0.15, 0.2) is 0 Å². The fourth-order valence-corrected chi connectivity index (χ4v) is 3.39. The number of hydrazone groups is 1. The molecule has 3 aromatic rings. The van der Waals surface area contributed by atoms with Crippen LogP contribution in [0.1, 0.15) is 33.8 Å². The number of amides is 2. The van der Waals surface area contributed by atoms with Crippen LogP contribution in [0, 0.1) is 27.7 Å². The summed E-state index contributed by atoms with van der Waals surface area (Å²) in [5, 5.41) is 6.47. The first kappa shape index (κ1) is 21.0. The molecule has 2 aromatic heterocycles. The molecule has 0 radical (unpaired) electrons. The predicted octanol–water partition coefficient (Wildman–Crippen LogP) is 2.87. The maximum absolute atomic E-state index is 12.0. The maximum Gasteiger partial charge on any atom is 0.329 e. The van der Waals surface area contributed by atoms with Crippen LogP contribution in [0.3, 0.4) is 0 Å². The fraction of sp³-hybridized carbons (Fsp3) is 0.217. The minimum atomic E-state index is -0.828. The van der Waals surface area contributed by atoms with E-state index >= 15 is 0 Å². The van der Waals surface area contributed by atoms with Crippen LogP contribution in [0.25, 0.3) is 5.69 Å². The highest BCUT2D eigenvalue weighted by molar-refractivity contribution is 6.35. The highest BCUT2D eigenvalue weighted by Crippen LogP contribution is 2.25. The normalized spacial score (nSPS) is 10.9. The van der Waals surface area contributed by atoms with E-state index in [1.165, 1.54) is 11.1 Å². The third kappa shape index (κ3) is 4.63. The number of aromatic nitrogens is 2. The molecule has 30 heavy (non-hydrogen) atoms. The molecule has 7 heteroatoms. The number of hydrogen-bond acceptors (Lipinski definition) is 4. The van der Waals surface area contributed by atoms with Crippen molar-refractivity contribution in [2.75, 3.05) is 0 Å². The van der Waals surface area contributed by atoms with Gasteiger partial charge in [-0.05, 0) is 57.0 Å². The molecular formula is C23H25N5O2. The van der Waals surface area contributed by atoms with E-state index in [2.05, 4.69) is 51.4 Å². The molecule has 0 saturated carbocycles. The van der Waals surface area contributed by atoms with Crippen LogP contribution in [-0.2, 0) is 16.1 Å². The summed E-state index contributed by atoms with van der Waals surface area (Å²) >= 11 is 0. The molecule has 3 rings (SSSR count). The number of pyridine rings is 1. The Morgan fingerprint density at radius 2 is 1.77 bits per heavy atom. The molecule has 0 aliphatic heterocycles. The van der Waals surface area contributed by atoms with Gasteiger partial charge < -0.3 is 9.88 Å². The second-order valence-corrected chi connectivity index (χ2v) is 7.11. The van der Waals surface area contributed by atoms with E-state index < -0.39 is 11.8 Å². The molecule has 0 atom stereocenters. The lowest BCUT2D eigenvalue weighted by Gasteiger charge is -2.15. The van der Waals surface area contributed by atoms with Gasteiger partial charge in [0.25, 0.3) is 0 Å². The molecule has 0 fully saturated rings. The summed E-state index contributed by atoms with van der Waals surface area (Å²) in [5.41, 5.74) is 9.37. The van der Waals surface area contributed by atoms with Crippen LogP contribution in [-0.4, -0.2) is 27.6 Å². The minimum Gasteiger partial charge on any atom is -0.342 e. The highest BCUT2D eigenvalue weighted by atomic mass is 16.2. The minimum absolute atomic E-state index is 0.174. The molecule has 0 aliphatic carbocycles. The topological polar surface area (TPSA) is 88.4 Å². The molecule has 154 valence electrons. The Balaban J connectivity index is 1.67. The molecule has 2 amide bonds. The third-order valence-corrected chi connectivity index (χ3v) is 4.87. The summed E-state index contributed by atoms with van der Waals surface area (Å²) in [5.74, 6) is -1.59. The van der Waals surface area contributed by atoms with Crippen LogP contribution < -0.4 is 10.7 Å². The van der Waals surface area contributed by atoms with Crippen molar-refractivity contribution in [1.29, 1.82) is 0 Å². The van der Waals surface area contributed by atoms with Gasteiger partial charge >= 0.3 is 11.8 Å². The van der Waals surface area contributed by atoms with Gasteiger partial charge in [-0.1, -0.05) is 24.3 Å². The molecule has 7 nitrogen and oxygen atoms in total. The number of para-hydroxylation sites is 1. The van der Waals surface area contributed by atoms with E-state index in [4.69, 9.17) is 0 Å². The lowest BCUT2D eigenvalue weighted by Crippen LogP contribution is -2.37. The largest absolute Gasteiger partial charge is 0.342 e. The van der Waals surface area contributed by atoms with Gasteiger partial charge in [0.2, 0.25) is 0 Å².